The molecule has 0 radical (unpaired) electrons. The first-order chi connectivity index (χ1) is 13.4. The summed E-state index contributed by atoms with van der Waals surface area (Å²) in [5, 5.41) is 2.69. The quantitative estimate of drug-likeness (QED) is 0.805. The monoisotopic (exact) mass is 421 g/mol. The minimum Gasteiger partial charge on any atom is -0.344 e. The molecule has 8 heteroatoms. The molecule has 29 heavy (non-hydrogen) atoms. The zero-order valence-corrected chi connectivity index (χ0v) is 18.7. The number of carbonyl (C=O) groups is 2. The number of nitrogens with zero attached hydrogens (tertiary/aromatic N) is 2. The predicted molar refractivity (Wildman–Crippen MR) is 111 cm³/mol. The Bertz CT molecular complexity index is 903. The third-order valence-electron chi connectivity index (χ3n) is 5.77. The van der Waals surface area contributed by atoms with Crippen molar-refractivity contribution in [1.29, 1.82) is 0 Å². The summed E-state index contributed by atoms with van der Waals surface area (Å²) >= 11 is 0. The summed E-state index contributed by atoms with van der Waals surface area (Å²) < 4.78 is 28.1. The Labute approximate surface area is 173 Å². The number of piperazine rings is 1. The normalized spacial score (nSPS) is 21.3. The van der Waals surface area contributed by atoms with Gasteiger partial charge in [0.2, 0.25) is 21.8 Å². The molecule has 0 spiro atoms. The maximum atomic E-state index is 13.3. The summed E-state index contributed by atoms with van der Waals surface area (Å²) in [7, 11) is -3.64. The highest BCUT2D eigenvalue weighted by Crippen LogP contribution is 2.31. The molecule has 2 aliphatic heterocycles. The van der Waals surface area contributed by atoms with Crippen LogP contribution in [0.15, 0.2) is 17.0 Å². The largest absolute Gasteiger partial charge is 0.344 e. The Morgan fingerprint density at radius 2 is 1.62 bits per heavy atom. The van der Waals surface area contributed by atoms with Crippen molar-refractivity contribution in [2.45, 2.75) is 63.8 Å². The van der Waals surface area contributed by atoms with Crippen LogP contribution in [0.25, 0.3) is 0 Å². The number of rotatable bonds is 3. The van der Waals surface area contributed by atoms with Gasteiger partial charge in [-0.3, -0.25) is 9.59 Å². The minimum atomic E-state index is -3.64. The summed E-state index contributed by atoms with van der Waals surface area (Å²) in [4.78, 5) is 25.9. The molecule has 1 aromatic carbocycles. The molecule has 1 atom stereocenters. The fourth-order valence-corrected chi connectivity index (χ4v) is 5.92. The van der Waals surface area contributed by atoms with Crippen LogP contribution < -0.4 is 5.32 Å². The number of carbonyl (C=O) groups excluding carboxylic acids is 2. The summed E-state index contributed by atoms with van der Waals surface area (Å²) in [6, 6.07) is 3.45. The first-order valence-electron chi connectivity index (χ1n) is 10.1. The van der Waals surface area contributed by atoms with E-state index in [9.17, 15) is 18.0 Å². The molecule has 1 N–H and O–H groups in total. The Morgan fingerprint density at radius 3 is 2.07 bits per heavy atom. The van der Waals surface area contributed by atoms with Crippen LogP contribution >= 0.6 is 0 Å². The van der Waals surface area contributed by atoms with Gasteiger partial charge in [-0.1, -0.05) is 32.9 Å². The van der Waals surface area contributed by atoms with Gasteiger partial charge in [0.1, 0.15) is 6.04 Å². The van der Waals surface area contributed by atoms with Crippen LogP contribution in [0.4, 0.5) is 0 Å². The maximum Gasteiger partial charge on any atom is 0.245 e. The number of hydrogen-bond acceptors (Lipinski definition) is 4. The molecule has 0 aromatic heterocycles. The van der Waals surface area contributed by atoms with Gasteiger partial charge in [-0.05, 0) is 42.4 Å². The molecule has 0 bridgehead atoms. The van der Waals surface area contributed by atoms with Crippen molar-refractivity contribution in [3.05, 3.63) is 28.8 Å². The van der Waals surface area contributed by atoms with Crippen molar-refractivity contribution >= 4 is 21.8 Å². The Morgan fingerprint density at radius 1 is 1.07 bits per heavy atom. The molecule has 0 saturated carbocycles. The minimum absolute atomic E-state index is 0.0561. The van der Waals surface area contributed by atoms with Gasteiger partial charge in [0, 0.05) is 32.6 Å². The van der Waals surface area contributed by atoms with Gasteiger partial charge in [0.05, 0.1) is 4.90 Å². The van der Waals surface area contributed by atoms with Crippen LogP contribution in [0.2, 0.25) is 0 Å². The molecule has 0 aliphatic carbocycles. The molecule has 2 heterocycles. The second-order valence-electron chi connectivity index (χ2n) is 9.08. The molecule has 1 aromatic rings. The van der Waals surface area contributed by atoms with Gasteiger partial charge < -0.3 is 10.2 Å². The Hall–Kier alpha value is -1.93. The highest BCUT2D eigenvalue weighted by atomic mass is 32.2. The molecule has 2 saturated heterocycles. The standard InChI is InChI=1S/C21H31N3O4S/c1-14-12-16(21(3,4)5)13-15(2)19(14)29(27,28)24-10-8-23(9-11-24)20(26)17-6-7-18(25)22-17/h12-13,17H,6-11H2,1-5H3,(H,22,25)/t17-/m0/s1. The molecule has 2 fully saturated rings. The highest BCUT2D eigenvalue weighted by Gasteiger charge is 2.36. The third-order valence-corrected chi connectivity index (χ3v) is 7.97. The molecule has 160 valence electrons. The van der Waals surface area contributed by atoms with Gasteiger partial charge in [0.15, 0.2) is 0 Å². The van der Waals surface area contributed by atoms with Crippen molar-refractivity contribution in [3.8, 4) is 0 Å². The number of sulfonamides is 1. The van der Waals surface area contributed by atoms with Gasteiger partial charge in [-0.15, -0.1) is 0 Å². The van der Waals surface area contributed by atoms with E-state index in [1.165, 1.54) is 4.31 Å². The highest BCUT2D eigenvalue weighted by molar-refractivity contribution is 7.89. The predicted octanol–water partition coefficient (Wildman–Crippen LogP) is 1.71. The van der Waals surface area contributed by atoms with Gasteiger partial charge in [-0.25, -0.2) is 8.42 Å². The van der Waals surface area contributed by atoms with E-state index in [1.54, 1.807) is 4.90 Å². The smallest absolute Gasteiger partial charge is 0.245 e. The third kappa shape index (κ3) is 4.33. The van der Waals surface area contributed by atoms with Gasteiger partial charge in [-0.2, -0.15) is 4.31 Å². The summed E-state index contributed by atoms with van der Waals surface area (Å²) in [6.45, 7) is 11.2. The van der Waals surface area contributed by atoms with Crippen molar-refractivity contribution in [2.75, 3.05) is 26.2 Å². The van der Waals surface area contributed by atoms with Crippen molar-refractivity contribution in [1.82, 2.24) is 14.5 Å². The molecule has 3 rings (SSSR count). The molecule has 7 nitrogen and oxygen atoms in total. The summed E-state index contributed by atoms with van der Waals surface area (Å²) in [5.74, 6) is -0.219. The zero-order chi connectivity index (χ0) is 21.6. The lowest BCUT2D eigenvalue weighted by atomic mass is 9.85. The fourth-order valence-electron chi connectivity index (χ4n) is 4.09. The maximum absolute atomic E-state index is 13.3. The van der Waals surface area contributed by atoms with Crippen LogP contribution in [0.5, 0.6) is 0 Å². The van der Waals surface area contributed by atoms with Crippen LogP contribution in [0.1, 0.15) is 50.3 Å². The van der Waals surface area contributed by atoms with E-state index in [-0.39, 0.29) is 30.3 Å². The topological polar surface area (TPSA) is 86.8 Å². The van der Waals surface area contributed by atoms with E-state index in [0.29, 0.717) is 30.8 Å². The van der Waals surface area contributed by atoms with E-state index >= 15 is 0 Å². The molecule has 2 amide bonds. The number of benzene rings is 1. The van der Waals surface area contributed by atoms with Crippen LogP contribution in [0, 0.1) is 13.8 Å². The molecule has 2 aliphatic rings. The first-order valence-corrected chi connectivity index (χ1v) is 11.6. The fraction of sp³-hybridized carbons (Fsp3) is 0.619. The second-order valence-corrected chi connectivity index (χ2v) is 11.0. The van der Waals surface area contributed by atoms with Gasteiger partial charge >= 0.3 is 0 Å². The van der Waals surface area contributed by atoms with Crippen LogP contribution in [0.3, 0.4) is 0 Å². The van der Waals surface area contributed by atoms with Gasteiger partial charge in [0.25, 0.3) is 0 Å². The van der Waals surface area contributed by atoms with Crippen LogP contribution in [-0.4, -0.2) is 61.7 Å². The van der Waals surface area contributed by atoms with E-state index < -0.39 is 16.1 Å². The first kappa shape index (κ1) is 21.8. The number of amides is 2. The molecule has 0 unspecified atom stereocenters. The average molecular weight is 422 g/mol. The average Bonchev–Trinajstić information content (AvgIpc) is 3.06. The van der Waals surface area contributed by atoms with Crippen molar-refractivity contribution in [2.24, 2.45) is 0 Å². The number of hydrogen-bond donors (Lipinski definition) is 1. The van der Waals surface area contributed by atoms with E-state index in [1.807, 2.05) is 26.0 Å². The Kier molecular flexibility index (Phi) is 5.80. The summed E-state index contributed by atoms with van der Waals surface area (Å²) in [5.41, 5.74) is 2.56. The lowest BCUT2D eigenvalue weighted by Gasteiger charge is -2.35. The molecular weight excluding hydrogens is 390 g/mol. The lowest BCUT2D eigenvalue weighted by molar-refractivity contribution is -0.135. The second kappa shape index (κ2) is 7.72. The number of nitrogens with one attached hydrogen (secondary N) is 1. The van der Waals surface area contributed by atoms with Crippen molar-refractivity contribution in [3.63, 3.8) is 0 Å². The lowest BCUT2D eigenvalue weighted by Crippen LogP contribution is -2.54. The Balaban J connectivity index is 1.75. The molecular formula is C21H31N3O4S. The SMILES string of the molecule is Cc1cc(C(C)(C)C)cc(C)c1S(=O)(=O)N1CCN(C(=O)[C@@H]2CCC(=O)N2)CC1. The van der Waals surface area contributed by atoms with E-state index in [0.717, 1.165) is 16.7 Å². The van der Waals surface area contributed by atoms with E-state index in [2.05, 4.69) is 26.1 Å². The number of aryl methyl sites for hydroxylation is 2. The van der Waals surface area contributed by atoms with E-state index in [4.69, 9.17) is 0 Å². The zero-order valence-electron chi connectivity index (χ0n) is 17.9. The summed E-state index contributed by atoms with van der Waals surface area (Å²) in [6.07, 6.45) is 0.878. The van der Waals surface area contributed by atoms with Crippen molar-refractivity contribution < 1.29 is 18.0 Å². The van der Waals surface area contributed by atoms with Crippen LogP contribution in [-0.2, 0) is 25.0 Å².